The van der Waals surface area contributed by atoms with Gasteiger partial charge in [-0.25, -0.2) is 14.2 Å². The fourth-order valence-electron chi connectivity index (χ4n) is 1.72. The van der Waals surface area contributed by atoms with Crippen LogP contribution in [0.5, 0.6) is 0 Å². The number of aryl methyl sites for hydroxylation is 1. The Bertz CT molecular complexity index is 786. The van der Waals surface area contributed by atoms with Crippen LogP contribution >= 0.6 is 23.2 Å². The van der Waals surface area contributed by atoms with Crippen molar-refractivity contribution in [2.24, 2.45) is 0 Å². The van der Waals surface area contributed by atoms with Gasteiger partial charge in [0.2, 0.25) is 0 Å². The van der Waals surface area contributed by atoms with E-state index >= 15 is 0 Å². The average molecular weight is 338 g/mol. The molecule has 21 heavy (non-hydrogen) atoms. The Labute approximate surface area is 126 Å². The molecule has 1 aromatic heterocycles. The predicted molar refractivity (Wildman–Crippen MR) is 70.8 cm³/mol. The van der Waals surface area contributed by atoms with E-state index in [2.05, 4.69) is 5.10 Å². The number of hydrogen-bond acceptors (Lipinski definition) is 3. The number of benzene rings is 1. The van der Waals surface area contributed by atoms with E-state index in [0.29, 0.717) is 4.68 Å². The Morgan fingerprint density at radius 3 is 2.43 bits per heavy atom. The zero-order valence-electron chi connectivity index (χ0n) is 10.3. The lowest BCUT2D eigenvalue weighted by molar-refractivity contribution is 0.0638. The van der Waals surface area contributed by atoms with Crippen molar-refractivity contribution in [2.45, 2.75) is 13.5 Å². The summed E-state index contributed by atoms with van der Waals surface area (Å²) < 4.78 is 26.3. The highest BCUT2D eigenvalue weighted by molar-refractivity contribution is 6.37. The molecule has 112 valence electrons. The van der Waals surface area contributed by atoms with E-state index in [0.717, 1.165) is 12.1 Å². The molecule has 0 aliphatic carbocycles. The Kier molecular flexibility index (Phi) is 4.02. The highest BCUT2D eigenvalue weighted by Gasteiger charge is 2.21. The Morgan fingerprint density at radius 1 is 1.33 bits per heavy atom. The molecular weight excluding hydrogens is 331 g/mol. The van der Waals surface area contributed by atoms with Crippen molar-refractivity contribution >= 4 is 29.2 Å². The minimum Gasteiger partial charge on any atom is -0.478 e. The molecular formula is C11H7Cl2F2N3O3. The average Bonchev–Trinajstić information content (AvgIpc) is 2.64. The molecule has 0 aliphatic rings. The fourth-order valence-corrected chi connectivity index (χ4v) is 2.27. The molecule has 0 atom stereocenters. The van der Waals surface area contributed by atoms with Gasteiger partial charge in [0.1, 0.15) is 5.82 Å². The van der Waals surface area contributed by atoms with E-state index in [9.17, 15) is 18.4 Å². The molecule has 2 aromatic rings. The molecule has 0 spiro atoms. The summed E-state index contributed by atoms with van der Waals surface area (Å²) in [6, 6.07) is 2.10. The van der Waals surface area contributed by atoms with Crippen molar-refractivity contribution in [3.8, 4) is 5.69 Å². The highest BCUT2D eigenvalue weighted by Crippen LogP contribution is 2.27. The summed E-state index contributed by atoms with van der Waals surface area (Å²) in [4.78, 5) is 22.9. The minimum absolute atomic E-state index is 0.0917. The van der Waals surface area contributed by atoms with Crippen LogP contribution in [0.3, 0.4) is 0 Å². The van der Waals surface area contributed by atoms with Crippen LogP contribution in [0.25, 0.3) is 5.69 Å². The van der Waals surface area contributed by atoms with Crippen LogP contribution in [0.4, 0.5) is 8.78 Å². The van der Waals surface area contributed by atoms with Crippen LogP contribution < -0.4 is 5.69 Å². The molecule has 1 N–H and O–H groups in total. The molecule has 6 nitrogen and oxygen atoms in total. The van der Waals surface area contributed by atoms with E-state index in [1.54, 1.807) is 0 Å². The molecule has 10 heteroatoms. The molecule has 0 fully saturated rings. The maximum Gasteiger partial charge on any atom is 0.355 e. The molecule has 1 heterocycles. The van der Waals surface area contributed by atoms with Gasteiger partial charge in [-0.2, -0.15) is 13.5 Å². The van der Waals surface area contributed by atoms with Gasteiger partial charge >= 0.3 is 18.2 Å². The largest absolute Gasteiger partial charge is 0.478 e. The summed E-state index contributed by atoms with van der Waals surface area (Å²) in [6.45, 7) is -1.86. The summed E-state index contributed by atoms with van der Waals surface area (Å²) in [5, 5.41) is 12.4. The van der Waals surface area contributed by atoms with Gasteiger partial charge in [-0.3, -0.25) is 0 Å². The third kappa shape index (κ3) is 2.64. The number of aromatic carboxylic acids is 1. The van der Waals surface area contributed by atoms with Crippen LogP contribution in [-0.4, -0.2) is 25.4 Å². The SMILES string of the molecule is Cc1nn(-c2cc(C(=O)O)c(Cl)cc2Cl)c(=O)n1C(F)F. The molecule has 0 bridgehead atoms. The molecule has 0 saturated carbocycles. The highest BCUT2D eigenvalue weighted by atomic mass is 35.5. The van der Waals surface area contributed by atoms with E-state index < -0.39 is 18.2 Å². The van der Waals surface area contributed by atoms with Gasteiger partial charge in [-0.15, -0.1) is 5.10 Å². The van der Waals surface area contributed by atoms with Gasteiger partial charge in [0.05, 0.1) is 21.3 Å². The summed E-state index contributed by atoms with van der Waals surface area (Å²) in [7, 11) is 0. The first-order valence-electron chi connectivity index (χ1n) is 5.43. The first-order valence-corrected chi connectivity index (χ1v) is 6.18. The van der Waals surface area contributed by atoms with Gasteiger partial charge in [-0.05, 0) is 19.1 Å². The number of carbonyl (C=O) groups is 1. The minimum atomic E-state index is -3.07. The second kappa shape index (κ2) is 5.45. The number of carboxylic acids is 1. The monoisotopic (exact) mass is 337 g/mol. The fraction of sp³-hybridized carbons (Fsp3) is 0.182. The van der Waals surface area contributed by atoms with Gasteiger partial charge in [0, 0.05) is 0 Å². The Balaban J connectivity index is 2.74. The number of nitrogens with zero attached hydrogens (tertiary/aromatic N) is 3. The number of hydrogen-bond donors (Lipinski definition) is 1. The van der Waals surface area contributed by atoms with Gasteiger partial charge in [0.25, 0.3) is 0 Å². The summed E-state index contributed by atoms with van der Waals surface area (Å²) >= 11 is 11.6. The third-order valence-corrected chi connectivity index (χ3v) is 3.29. The lowest BCUT2D eigenvalue weighted by atomic mass is 10.2. The van der Waals surface area contributed by atoms with E-state index in [1.165, 1.54) is 6.92 Å². The van der Waals surface area contributed by atoms with Crippen molar-refractivity contribution in [1.29, 1.82) is 0 Å². The predicted octanol–water partition coefficient (Wildman–Crippen LogP) is 2.74. The molecule has 1 aromatic carbocycles. The normalized spacial score (nSPS) is 11.1. The van der Waals surface area contributed by atoms with E-state index in [-0.39, 0.29) is 31.7 Å². The van der Waals surface area contributed by atoms with Crippen LogP contribution in [0.15, 0.2) is 16.9 Å². The molecule has 0 unspecified atom stereocenters. The lowest BCUT2D eigenvalue weighted by Gasteiger charge is -2.06. The van der Waals surface area contributed by atoms with E-state index in [1.807, 2.05) is 0 Å². The number of carboxylic acid groups (broad SMARTS) is 1. The Morgan fingerprint density at radius 2 is 1.95 bits per heavy atom. The molecule has 0 saturated heterocycles. The van der Waals surface area contributed by atoms with Crippen LogP contribution in [-0.2, 0) is 0 Å². The van der Waals surface area contributed by atoms with Crippen LogP contribution in [0.2, 0.25) is 10.0 Å². The lowest BCUT2D eigenvalue weighted by Crippen LogP contribution is -2.25. The summed E-state index contributed by atoms with van der Waals surface area (Å²) in [6.07, 6.45) is 0. The number of aromatic nitrogens is 3. The first-order chi connectivity index (χ1) is 9.73. The quantitative estimate of drug-likeness (QED) is 0.934. The number of halogens is 4. The first kappa shape index (κ1) is 15.5. The maximum atomic E-state index is 12.8. The van der Waals surface area contributed by atoms with Crippen molar-refractivity contribution in [1.82, 2.24) is 14.3 Å². The van der Waals surface area contributed by atoms with Gasteiger partial charge in [0.15, 0.2) is 0 Å². The van der Waals surface area contributed by atoms with Crippen molar-refractivity contribution < 1.29 is 18.7 Å². The van der Waals surface area contributed by atoms with Gasteiger partial charge in [-0.1, -0.05) is 23.2 Å². The zero-order chi connectivity index (χ0) is 15.9. The second-order valence-electron chi connectivity index (χ2n) is 3.98. The second-order valence-corrected chi connectivity index (χ2v) is 4.79. The standard InChI is InChI=1S/C11H7Cl2F2N3O3/c1-4-16-18(11(21)17(4)10(14)15)8-2-5(9(19)20)6(12)3-7(8)13/h2-3,10H,1H3,(H,19,20). The summed E-state index contributed by atoms with van der Waals surface area (Å²) in [5.41, 5.74) is -1.61. The maximum absolute atomic E-state index is 12.8. The molecule has 2 rings (SSSR count). The number of rotatable bonds is 3. The smallest absolute Gasteiger partial charge is 0.355 e. The third-order valence-electron chi connectivity index (χ3n) is 2.67. The molecule has 0 aliphatic heterocycles. The summed E-state index contributed by atoms with van der Waals surface area (Å²) in [5.74, 6) is -1.59. The molecule has 0 amide bonds. The number of alkyl halides is 2. The van der Waals surface area contributed by atoms with Crippen molar-refractivity contribution in [2.75, 3.05) is 0 Å². The topological polar surface area (TPSA) is 77.1 Å². The van der Waals surface area contributed by atoms with Crippen molar-refractivity contribution in [3.63, 3.8) is 0 Å². The van der Waals surface area contributed by atoms with Crippen LogP contribution in [0, 0.1) is 6.92 Å². The zero-order valence-corrected chi connectivity index (χ0v) is 11.9. The van der Waals surface area contributed by atoms with Crippen LogP contribution in [0.1, 0.15) is 22.7 Å². The van der Waals surface area contributed by atoms with Crippen molar-refractivity contribution in [3.05, 3.63) is 44.1 Å². The van der Waals surface area contributed by atoms with Gasteiger partial charge < -0.3 is 5.11 Å². The Hall–Kier alpha value is -1.93. The molecule has 0 radical (unpaired) electrons. The van der Waals surface area contributed by atoms with E-state index in [4.69, 9.17) is 28.3 Å².